The lowest BCUT2D eigenvalue weighted by molar-refractivity contribution is 0.158. The molecule has 1 atom stereocenters. The van der Waals surface area contributed by atoms with Gasteiger partial charge in [-0.1, -0.05) is 26.8 Å². The quantitative estimate of drug-likeness (QED) is 0.779. The van der Waals surface area contributed by atoms with E-state index in [1.807, 2.05) is 6.20 Å². The molecule has 2 rings (SSSR count). The van der Waals surface area contributed by atoms with E-state index in [1.165, 1.54) is 24.1 Å². The van der Waals surface area contributed by atoms with E-state index in [-0.39, 0.29) is 0 Å². The summed E-state index contributed by atoms with van der Waals surface area (Å²) in [6.07, 6.45) is 5.49. The van der Waals surface area contributed by atoms with Gasteiger partial charge in [-0.2, -0.15) is 0 Å². The molecule has 0 radical (unpaired) electrons. The van der Waals surface area contributed by atoms with E-state index in [9.17, 15) is 0 Å². The number of aromatic nitrogens is 1. The molecule has 1 aromatic heterocycles. The predicted molar refractivity (Wildman–Crippen MR) is 72.1 cm³/mol. The smallest absolute Gasteiger partial charge is 0.0451 e. The fraction of sp³-hybridized carbons (Fsp3) is 0.667. The second kappa shape index (κ2) is 4.77. The second-order valence-corrected chi connectivity index (χ2v) is 6.48. The summed E-state index contributed by atoms with van der Waals surface area (Å²) in [6.45, 7) is 8.06. The summed E-state index contributed by atoms with van der Waals surface area (Å²) >= 11 is 0. The molecule has 2 nitrogen and oxygen atoms in total. The second-order valence-electron chi connectivity index (χ2n) is 6.48. The van der Waals surface area contributed by atoms with Crippen molar-refractivity contribution in [3.05, 3.63) is 29.6 Å². The summed E-state index contributed by atoms with van der Waals surface area (Å²) < 4.78 is 0. The Labute approximate surface area is 105 Å². The summed E-state index contributed by atoms with van der Waals surface area (Å²) in [5, 5.41) is 0. The highest BCUT2D eigenvalue weighted by Gasteiger charge is 2.25. The number of aryl methyl sites for hydroxylation is 1. The highest BCUT2D eigenvalue weighted by atomic mass is 15.1. The molecule has 0 saturated carbocycles. The first-order chi connectivity index (χ1) is 7.96. The molecular formula is C15H24N2. The van der Waals surface area contributed by atoms with Crippen LogP contribution >= 0.6 is 0 Å². The lowest BCUT2D eigenvalue weighted by Crippen LogP contribution is -2.41. The average molecular weight is 232 g/mol. The summed E-state index contributed by atoms with van der Waals surface area (Å²) in [5.41, 5.74) is 3.14. The molecule has 17 heavy (non-hydrogen) atoms. The van der Waals surface area contributed by atoms with E-state index < -0.39 is 0 Å². The van der Waals surface area contributed by atoms with Crippen LogP contribution in [0.15, 0.2) is 18.3 Å². The normalized spacial score (nSPS) is 20.4. The van der Waals surface area contributed by atoms with Crippen LogP contribution in [0.1, 0.15) is 38.4 Å². The van der Waals surface area contributed by atoms with Crippen LogP contribution in [0.25, 0.3) is 0 Å². The highest BCUT2D eigenvalue weighted by molar-refractivity contribution is 5.23. The first-order valence-corrected chi connectivity index (χ1v) is 6.59. The van der Waals surface area contributed by atoms with Crippen molar-refractivity contribution in [1.29, 1.82) is 0 Å². The maximum Gasteiger partial charge on any atom is 0.0451 e. The van der Waals surface area contributed by atoms with Crippen molar-refractivity contribution in [1.82, 2.24) is 9.88 Å². The average Bonchev–Trinajstić information content (AvgIpc) is 2.26. The van der Waals surface area contributed by atoms with Crippen molar-refractivity contribution in [3.8, 4) is 0 Å². The minimum atomic E-state index is 0.374. The van der Waals surface area contributed by atoms with Crippen molar-refractivity contribution in [2.24, 2.45) is 5.41 Å². The molecule has 1 aromatic rings. The molecule has 0 saturated heterocycles. The van der Waals surface area contributed by atoms with Crippen molar-refractivity contribution in [2.75, 3.05) is 13.6 Å². The standard InChI is InChI=1S/C15H24N2/c1-15(2,3)11-17(4)13-8-7-12-6-5-9-16-14(12)10-13/h5-6,9,13H,7-8,10-11H2,1-4H3. The number of likely N-dealkylation sites (N-methyl/N-ethyl adjacent to an activating group) is 1. The minimum absolute atomic E-state index is 0.374. The maximum atomic E-state index is 4.52. The number of hydrogen-bond donors (Lipinski definition) is 0. The molecule has 0 N–H and O–H groups in total. The lowest BCUT2D eigenvalue weighted by atomic mass is 9.89. The molecule has 2 heteroatoms. The Hall–Kier alpha value is -0.890. The monoisotopic (exact) mass is 232 g/mol. The first kappa shape index (κ1) is 12.6. The fourth-order valence-corrected chi connectivity index (χ4v) is 2.78. The van der Waals surface area contributed by atoms with Crippen LogP contribution < -0.4 is 0 Å². The molecule has 0 aliphatic heterocycles. The van der Waals surface area contributed by atoms with Crippen LogP contribution in [0.4, 0.5) is 0 Å². The Bertz CT molecular complexity index is 379. The van der Waals surface area contributed by atoms with Gasteiger partial charge >= 0.3 is 0 Å². The van der Waals surface area contributed by atoms with E-state index in [1.54, 1.807) is 0 Å². The summed E-state index contributed by atoms with van der Waals surface area (Å²) in [7, 11) is 2.25. The molecular weight excluding hydrogens is 208 g/mol. The van der Waals surface area contributed by atoms with Gasteiger partial charge in [0.05, 0.1) is 0 Å². The minimum Gasteiger partial charge on any atom is -0.302 e. The predicted octanol–water partition coefficient (Wildman–Crippen LogP) is 2.92. The highest BCUT2D eigenvalue weighted by Crippen LogP contribution is 2.24. The number of rotatable bonds is 2. The van der Waals surface area contributed by atoms with Gasteiger partial charge in [0, 0.05) is 30.9 Å². The number of hydrogen-bond acceptors (Lipinski definition) is 2. The van der Waals surface area contributed by atoms with Gasteiger partial charge in [0.2, 0.25) is 0 Å². The lowest BCUT2D eigenvalue weighted by Gasteiger charge is -2.35. The Kier molecular flexibility index (Phi) is 3.53. The molecule has 94 valence electrons. The third-order valence-corrected chi connectivity index (χ3v) is 3.51. The van der Waals surface area contributed by atoms with Crippen LogP contribution in [-0.2, 0) is 12.8 Å². The van der Waals surface area contributed by atoms with Crippen LogP contribution in [-0.4, -0.2) is 29.5 Å². The van der Waals surface area contributed by atoms with E-state index in [4.69, 9.17) is 0 Å². The van der Waals surface area contributed by atoms with E-state index in [0.29, 0.717) is 11.5 Å². The Morgan fingerprint density at radius 1 is 1.41 bits per heavy atom. The van der Waals surface area contributed by atoms with Crippen LogP contribution in [0.5, 0.6) is 0 Å². The van der Waals surface area contributed by atoms with Crippen molar-refractivity contribution in [3.63, 3.8) is 0 Å². The molecule has 1 unspecified atom stereocenters. The van der Waals surface area contributed by atoms with E-state index in [2.05, 4.69) is 49.8 Å². The zero-order valence-electron chi connectivity index (χ0n) is 11.5. The first-order valence-electron chi connectivity index (χ1n) is 6.59. The van der Waals surface area contributed by atoms with Gasteiger partial charge in [-0.3, -0.25) is 4.98 Å². The summed E-state index contributed by atoms with van der Waals surface area (Å²) in [6, 6.07) is 4.94. The van der Waals surface area contributed by atoms with Gasteiger partial charge in [-0.15, -0.1) is 0 Å². The molecule has 1 aliphatic carbocycles. The molecule has 0 amide bonds. The Morgan fingerprint density at radius 3 is 2.88 bits per heavy atom. The summed E-state index contributed by atoms with van der Waals surface area (Å²) in [5.74, 6) is 0. The van der Waals surface area contributed by atoms with Gasteiger partial charge in [0.1, 0.15) is 0 Å². The van der Waals surface area contributed by atoms with Gasteiger partial charge in [0.15, 0.2) is 0 Å². The molecule has 1 aliphatic rings. The van der Waals surface area contributed by atoms with Crippen LogP contribution in [0, 0.1) is 5.41 Å². The van der Waals surface area contributed by atoms with Crippen molar-refractivity contribution >= 4 is 0 Å². The third-order valence-electron chi connectivity index (χ3n) is 3.51. The fourth-order valence-electron chi connectivity index (χ4n) is 2.78. The van der Waals surface area contributed by atoms with Gasteiger partial charge in [-0.25, -0.2) is 0 Å². The van der Waals surface area contributed by atoms with E-state index in [0.717, 1.165) is 13.0 Å². The summed E-state index contributed by atoms with van der Waals surface area (Å²) in [4.78, 5) is 7.03. The molecule has 0 spiro atoms. The van der Waals surface area contributed by atoms with Gasteiger partial charge < -0.3 is 4.90 Å². The zero-order valence-corrected chi connectivity index (χ0v) is 11.5. The van der Waals surface area contributed by atoms with Crippen molar-refractivity contribution in [2.45, 2.75) is 46.1 Å². The number of pyridine rings is 1. The van der Waals surface area contributed by atoms with E-state index >= 15 is 0 Å². The third kappa shape index (κ3) is 3.29. The topological polar surface area (TPSA) is 16.1 Å². The molecule has 0 aromatic carbocycles. The SMILES string of the molecule is CN(CC(C)(C)C)C1CCc2cccnc2C1. The van der Waals surface area contributed by atoms with Gasteiger partial charge in [-0.05, 0) is 36.9 Å². The zero-order chi connectivity index (χ0) is 12.5. The molecule has 0 fully saturated rings. The Balaban J connectivity index is 2.02. The maximum absolute atomic E-state index is 4.52. The van der Waals surface area contributed by atoms with Crippen LogP contribution in [0.3, 0.4) is 0 Å². The number of nitrogens with zero attached hydrogens (tertiary/aromatic N) is 2. The number of fused-ring (bicyclic) bond motifs is 1. The Morgan fingerprint density at radius 2 is 2.18 bits per heavy atom. The molecule has 1 heterocycles. The van der Waals surface area contributed by atoms with Gasteiger partial charge in [0.25, 0.3) is 0 Å². The largest absolute Gasteiger partial charge is 0.302 e. The molecule has 0 bridgehead atoms. The van der Waals surface area contributed by atoms with Crippen LogP contribution in [0.2, 0.25) is 0 Å². The van der Waals surface area contributed by atoms with Crippen molar-refractivity contribution < 1.29 is 0 Å².